The number of amides is 1. The zero-order chi connectivity index (χ0) is 14.8. The van der Waals surface area contributed by atoms with Crippen molar-refractivity contribution < 1.29 is 4.79 Å². The van der Waals surface area contributed by atoms with Gasteiger partial charge in [-0.25, -0.2) is 4.98 Å². The molecule has 1 N–H and O–H groups in total. The number of aryl methyl sites for hydroxylation is 2. The third kappa shape index (κ3) is 3.02. The van der Waals surface area contributed by atoms with Crippen molar-refractivity contribution in [2.24, 2.45) is 0 Å². The predicted molar refractivity (Wildman–Crippen MR) is 86.4 cm³/mol. The summed E-state index contributed by atoms with van der Waals surface area (Å²) in [6, 6.07) is 7.64. The lowest BCUT2D eigenvalue weighted by atomic mass is 10.0. The number of carbonyl (C=O) groups excluding carboxylic acids is 1. The minimum Gasteiger partial charge on any atom is -0.324 e. The average molecular weight is 348 g/mol. The number of benzene rings is 1. The van der Waals surface area contributed by atoms with Crippen molar-refractivity contribution in [3.8, 4) is 0 Å². The van der Waals surface area contributed by atoms with E-state index < -0.39 is 0 Å². The first kappa shape index (κ1) is 14.3. The highest BCUT2D eigenvalue weighted by Crippen LogP contribution is 2.23. The van der Waals surface area contributed by atoms with Gasteiger partial charge < -0.3 is 9.88 Å². The Bertz CT molecular complexity index is 678. The fourth-order valence-electron chi connectivity index (χ4n) is 2.84. The van der Waals surface area contributed by atoms with Crippen LogP contribution in [0.2, 0.25) is 0 Å². The molecule has 110 valence electrons. The second-order valence-corrected chi connectivity index (χ2v) is 6.23. The van der Waals surface area contributed by atoms with Gasteiger partial charge >= 0.3 is 0 Å². The lowest BCUT2D eigenvalue weighted by molar-refractivity contribution is -0.116. The molecule has 3 rings (SSSR count). The third-order valence-electron chi connectivity index (χ3n) is 3.87. The fraction of sp³-hybridized carbons (Fsp3) is 0.375. The van der Waals surface area contributed by atoms with Gasteiger partial charge in [0.1, 0.15) is 12.4 Å². The van der Waals surface area contributed by atoms with E-state index in [1.165, 1.54) is 24.2 Å². The summed E-state index contributed by atoms with van der Waals surface area (Å²) in [6.45, 7) is 2.31. The van der Waals surface area contributed by atoms with E-state index in [2.05, 4.69) is 30.8 Å². The largest absolute Gasteiger partial charge is 0.324 e. The molecule has 21 heavy (non-hydrogen) atoms. The molecule has 1 aliphatic carbocycles. The van der Waals surface area contributed by atoms with Gasteiger partial charge in [0.2, 0.25) is 5.91 Å². The van der Waals surface area contributed by atoms with Crippen LogP contribution < -0.4 is 5.32 Å². The van der Waals surface area contributed by atoms with Gasteiger partial charge in [0, 0.05) is 10.2 Å². The molecule has 4 nitrogen and oxygen atoms in total. The summed E-state index contributed by atoms with van der Waals surface area (Å²) in [5, 5.41) is 2.95. The molecular weight excluding hydrogens is 330 g/mol. The number of anilines is 1. The van der Waals surface area contributed by atoms with Gasteiger partial charge in [0.25, 0.3) is 0 Å². The van der Waals surface area contributed by atoms with E-state index in [1.807, 2.05) is 31.2 Å². The SMILES string of the molecule is Cc1nc2c(n1CC(=O)Nc1ccccc1Br)CCCC2. The molecule has 0 aliphatic heterocycles. The van der Waals surface area contributed by atoms with Gasteiger partial charge in [0.05, 0.1) is 11.4 Å². The van der Waals surface area contributed by atoms with E-state index in [0.717, 1.165) is 28.8 Å². The molecule has 1 amide bonds. The van der Waals surface area contributed by atoms with Crippen molar-refractivity contribution in [2.45, 2.75) is 39.2 Å². The highest BCUT2D eigenvalue weighted by molar-refractivity contribution is 9.10. The van der Waals surface area contributed by atoms with Crippen molar-refractivity contribution in [1.29, 1.82) is 0 Å². The number of hydrogen-bond donors (Lipinski definition) is 1. The van der Waals surface area contributed by atoms with Crippen molar-refractivity contribution in [2.75, 3.05) is 5.32 Å². The molecule has 1 heterocycles. The van der Waals surface area contributed by atoms with Crippen molar-refractivity contribution in [3.05, 3.63) is 46.0 Å². The number of aromatic nitrogens is 2. The Kier molecular flexibility index (Phi) is 4.10. The van der Waals surface area contributed by atoms with Crippen molar-refractivity contribution in [3.63, 3.8) is 0 Å². The highest BCUT2D eigenvalue weighted by Gasteiger charge is 2.19. The van der Waals surface area contributed by atoms with Crippen LogP contribution in [0.5, 0.6) is 0 Å². The lowest BCUT2D eigenvalue weighted by Crippen LogP contribution is -2.21. The summed E-state index contributed by atoms with van der Waals surface area (Å²) in [7, 11) is 0. The molecule has 5 heteroatoms. The van der Waals surface area contributed by atoms with Crippen LogP contribution in [0, 0.1) is 6.92 Å². The van der Waals surface area contributed by atoms with Crippen LogP contribution in [-0.2, 0) is 24.2 Å². The Labute approximate surface area is 132 Å². The molecule has 0 saturated carbocycles. The van der Waals surface area contributed by atoms with E-state index in [4.69, 9.17) is 0 Å². The van der Waals surface area contributed by atoms with Gasteiger partial charge in [-0.3, -0.25) is 4.79 Å². The summed E-state index contributed by atoms with van der Waals surface area (Å²) in [5.74, 6) is 0.917. The van der Waals surface area contributed by atoms with Crippen LogP contribution in [0.15, 0.2) is 28.7 Å². The second kappa shape index (κ2) is 6.02. The van der Waals surface area contributed by atoms with Gasteiger partial charge in [-0.05, 0) is 60.7 Å². The van der Waals surface area contributed by atoms with Crippen LogP contribution in [0.4, 0.5) is 5.69 Å². The molecule has 0 saturated heterocycles. The van der Waals surface area contributed by atoms with Crippen LogP contribution in [0.1, 0.15) is 30.1 Å². The Morgan fingerprint density at radius 3 is 2.90 bits per heavy atom. The molecule has 2 aromatic rings. The maximum Gasteiger partial charge on any atom is 0.244 e. The topological polar surface area (TPSA) is 46.9 Å². The zero-order valence-electron chi connectivity index (χ0n) is 12.0. The Balaban J connectivity index is 1.76. The van der Waals surface area contributed by atoms with E-state index in [1.54, 1.807) is 0 Å². The van der Waals surface area contributed by atoms with E-state index in [9.17, 15) is 4.79 Å². The first-order chi connectivity index (χ1) is 10.1. The van der Waals surface area contributed by atoms with Gasteiger partial charge in [-0.2, -0.15) is 0 Å². The number of halogens is 1. The molecule has 0 atom stereocenters. The number of nitrogens with one attached hydrogen (secondary N) is 1. The molecule has 0 fully saturated rings. The van der Waals surface area contributed by atoms with Gasteiger partial charge in [-0.15, -0.1) is 0 Å². The number of carbonyl (C=O) groups is 1. The second-order valence-electron chi connectivity index (χ2n) is 5.37. The van der Waals surface area contributed by atoms with E-state index >= 15 is 0 Å². The first-order valence-corrected chi connectivity index (χ1v) is 8.03. The van der Waals surface area contributed by atoms with Crippen molar-refractivity contribution in [1.82, 2.24) is 9.55 Å². The summed E-state index contributed by atoms with van der Waals surface area (Å²) in [6.07, 6.45) is 4.45. The average Bonchev–Trinajstić information content (AvgIpc) is 2.78. The van der Waals surface area contributed by atoms with Crippen LogP contribution in [0.25, 0.3) is 0 Å². The predicted octanol–water partition coefficient (Wildman–Crippen LogP) is 3.47. The summed E-state index contributed by atoms with van der Waals surface area (Å²) in [4.78, 5) is 16.9. The minimum atomic E-state index is -0.0178. The normalized spacial score (nSPS) is 13.8. The van der Waals surface area contributed by atoms with Crippen LogP contribution in [-0.4, -0.2) is 15.5 Å². The summed E-state index contributed by atoms with van der Waals surface area (Å²) >= 11 is 3.44. The van der Waals surface area contributed by atoms with Crippen LogP contribution in [0.3, 0.4) is 0 Å². The van der Waals surface area contributed by atoms with Crippen molar-refractivity contribution >= 4 is 27.5 Å². The number of nitrogens with zero attached hydrogens (tertiary/aromatic N) is 2. The van der Waals surface area contributed by atoms with Gasteiger partial charge in [-0.1, -0.05) is 12.1 Å². The van der Waals surface area contributed by atoms with Gasteiger partial charge in [0.15, 0.2) is 0 Å². The molecule has 0 unspecified atom stereocenters. The van der Waals surface area contributed by atoms with E-state index in [-0.39, 0.29) is 5.91 Å². The highest BCUT2D eigenvalue weighted by atomic mass is 79.9. The maximum atomic E-state index is 12.3. The Hall–Kier alpha value is -1.62. The Morgan fingerprint density at radius 1 is 1.33 bits per heavy atom. The fourth-order valence-corrected chi connectivity index (χ4v) is 3.23. The number of hydrogen-bond acceptors (Lipinski definition) is 2. The molecule has 0 bridgehead atoms. The number of fused-ring (bicyclic) bond motifs is 1. The summed E-state index contributed by atoms with van der Waals surface area (Å²) in [5.41, 5.74) is 3.21. The Morgan fingerprint density at radius 2 is 2.10 bits per heavy atom. The molecular formula is C16H18BrN3O. The summed E-state index contributed by atoms with van der Waals surface area (Å²) < 4.78 is 2.95. The molecule has 1 aromatic heterocycles. The number of imidazole rings is 1. The standard InChI is InChI=1S/C16H18BrN3O/c1-11-18-14-8-4-5-9-15(14)20(11)10-16(21)19-13-7-3-2-6-12(13)17/h2-3,6-7H,4-5,8-10H2,1H3,(H,19,21). The molecule has 1 aromatic carbocycles. The smallest absolute Gasteiger partial charge is 0.244 e. The lowest BCUT2D eigenvalue weighted by Gasteiger charge is -2.15. The maximum absolute atomic E-state index is 12.3. The minimum absolute atomic E-state index is 0.0178. The number of rotatable bonds is 3. The van der Waals surface area contributed by atoms with E-state index in [0.29, 0.717) is 6.54 Å². The monoisotopic (exact) mass is 347 g/mol. The molecule has 0 radical (unpaired) electrons. The molecule has 0 spiro atoms. The first-order valence-electron chi connectivity index (χ1n) is 7.24. The zero-order valence-corrected chi connectivity index (χ0v) is 13.6. The quantitative estimate of drug-likeness (QED) is 0.923. The third-order valence-corrected chi connectivity index (χ3v) is 4.56. The number of para-hydroxylation sites is 1. The van der Waals surface area contributed by atoms with Crippen LogP contribution >= 0.6 is 15.9 Å². The molecule has 1 aliphatic rings.